The molecule has 230 valence electrons. The van der Waals surface area contributed by atoms with Crippen molar-refractivity contribution in [2.24, 2.45) is 0 Å². The van der Waals surface area contributed by atoms with Crippen LogP contribution in [0.1, 0.15) is 59.6 Å². The molecule has 2 N–H and O–H groups in total. The monoisotopic (exact) mass is 662 g/mol. The summed E-state index contributed by atoms with van der Waals surface area (Å²) >= 11 is 3.50. The Morgan fingerprint density at radius 3 is 1.95 bits per heavy atom. The molecular weight excluding hydrogens is 612 g/mol. The van der Waals surface area contributed by atoms with Gasteiger partial charge in [-0.05, 0) is 63.8 Å². The molecule has 2 rings (SSSR count). The second kappa shape index (κ2) is 13.2. The summed E-state index contributed by atoms with van der Waals surface area (Å²) in [5, 5.41) is 23.7. The number of methoxy groups -OCH3 is 3. The number of ether oxygens (including phenoxy) is 4. The van der Waals surface area contributed by atoms with Crippen molar-refractivity contribution >= 4 is 32.6 Å². The molecule has 0 saturated heterocycles. The van der Waals surface area contributed by atoms with Gasteiger partial charge in [-0.2, -0.15) is 0 Å². The fraction of sp³-hybridized carbons (Fsp3) is 0.724. The van der Waals surface area contributed by atoms with Crippen LogP contribution in [0.3, 0.4) is 0 Å². The number of rotatable bonds is 11. The van der Waals surface area contributed by atoms with Gasteiger partial charge in [0, 0.05) is 13.5 Å². The summed E-state index contributed by atoms with van der Waals surface area (Å²) in [6, 6.07) is 1.71. The highest BCUT2D eigenvalue weighted by molar-refractivity contribution is 9.10. The summed E-state index contributed by atoms with van der Waals surface area (Å²) in [4.78, 5) is 0. The molecule has 0 spiro atoms. The first-order valence-electron chi connectivity index (χ1n) is 13.7. The topological polar surface area (TPSA) is 95.8 Å². The zero-order valence-corrected chi connectivity index (χ0v) is 30.2. The van der Waals surface area contributed by atoms with Gasteiger partial charge in [-0.25, -0.2) is 0 Å². The molecule has 4 atom stereocenters. The quantitative estimate of drug-likeness (QED) is 0.149. The molecule has 40 heavy (non-hydrogen) atoms. The van der Waals surface area contributed by atoms with E-state index in [9.17, 15) is 10.2 Å². The second-order valence-electron chi connectivity index (χ2n) is 13.5. The van der Waals surface area contributed by atoms with Gasteiger partial charge in [0.2, 0.25) is 0 Å². The standard InChI is InChI=1S/C29H51BrO8Si2/c1-28(2,3)39(10,11)37-18-14-19(24(31)22(15-18)38-40(12,13)29(4,5)6)25(32)23-21(34-8)16-20(30)26(35-9)27(23)36-17-33-7/h14,16,18,22,24-25,31-32H,15,17H2,1-13H3/t18-,22+,24-,25?/m0/s1. The second-order valence-corrected chi connectivity index (χ2v) is 23.8. The van der Waals surface area contributed by atoms with Crippen molar-refractivity contribution in [3.05, 3.63) is 27.8 Å². The number of benzene rings is 1. The first-order valence-corrected chi connectivity index (χ1v) is 20.3. The van der Waals surface area contributed by atoms with Crippen LogP contribution in [0.25, 0.3) is 0 Å². The molecular formula is C29H51BrO8Si2. The van der Waals surface area contributed by atoms with Crippen LogP contribution in [0.4, 0.5) is 0 Å². The predicted octanol–water partition coefficient (Wildman–Crippen LogP) is 6.95. The molecule has 0 amide bonds. The average Bonchev–Trinajstić information content (AvgIpc) is 2.81. The Balaban J connectivity index is 2.71. The van der Waals surface area contributed by atoms with Gasteiger partial charge in [0.25, 0.3) is 0 Å². The molecule has 1 aliphatic rings. The van der Waals surface area contributed by atoms with Gasteiger partial charge in [0.1, 0.15) is 18.0 Å². The maximum absolute atomic E-state index is 12.0. The Morgan fingerprint density at radius 1 is 0.925 bits per heavy atom. The molecule has 1 aromatic carbocycles. The number of aliphatic hydroxyl groups is 2. The maximum Gasteiger partial charge on any atom is 0.192 e. The lowest BCUT2D eigenvalue weighted by Gasteiger charge is -2.45. The fourth-order valence-electron chi connectivity index (χ4n) is 4.16. The van der Waals surface area contributed by atoms with E-state index in [1.54, 1.807) is 6.07 Å². The van der Waals surface area contributed by atoms with Gasteiger partial charge >= 0.3 is 0 Å². The Labute approximate surface area is 251 Å². The van der Waals surface area contributed by atoms with Crippen LogP contribution in [0.5, 0.6) is 17.2 Å². The smallest absolute Gasteiger partial charge is 0.192 e. The van der Waals surface area contributed by atoms with Crippen LogP contribution < -0.4 is 14.2 Å². The van der Waals surface area contributed by atoms with E-state index in [-0.39, 0.29) is 28.7 Å². The highest BCUT2D eigenvalue weighted by Crippen LogP contribution is 2.50. The van der Waals surface area contributed by atoms with Crippen LogP contribution in [-0.2, 0) is 13.6 Å². The minimum Gasteiger partial charge on any atom is -0.496 e. The lowest BCUT2D eigenvalue weighted by atomic mass is 9.85. The summed E-state index contributed by atoms with van der Waals surface area (Å²) in [6.07, 6.45) is -0.930. The SMILES string of the molecule is COCOc1c(OC)c(Br)cc(OC)c1C(O)C1=C[C@H](O[Si](C)(C)C(C)(C)C)C[C@@H](O[Si](C)(C)C(C)(C)C)[C@H]1O. The fourth-order valence-corrected chi connectivity index (χ4v) is 7.32. The van der Waals surface area contributed by atoms with E-state index in [0.717, 1.165) is 0 Å². The highest BCUT2D eigenvalue weighted by atomic mass is 79.9. The van der Waals surface area contributed by atoms with Crippen molar-refractivity contribution in [1.82, 2.24) is 0 Å². The van der Waals surface area contributed by atoms with E-state index in [0.29, 0.717) is 33.5 Å². The van der Waals surface area contributed by atoms with E-state index in [1.807, 2.05) is 6.08 Å². The molecule has 1 aromatic rings. The lowest BCUT2D eigenvalue weighted by molar-refractivity contribution is -0.00171. The summed E-state index contributed by atoms with van der Waals surface area (Å²) in [5.74, 6) is 1.00. The molecule has 0 saturated carbocycles. The van der Waals surface area contributed by atoms with Gasteiger partial charge < -0.3 is 38.0 Å². The summed E-state index contributed by atoms with van der Waals surface area (Å²) in [5.41, 5.74) is 0.701. The average molecular weight is 664 g/mol. The van der Waals surface area contributed by atoms with E-state index in [1.165, 1.54) is 21.3 Å². The molecule has 1 unspecified atom stereocenters. The Kier molecular flexibility index (Phi) is 11.6. The number of hydrogen-bond acceptors (Lipinski definition) is 8. The van der Waals surface area contributed by atoms with Crippen molar-refractivity contribution in [2.75, 3.05) is 28.1 Å². The van der Waals surface area contributed by atoms with Crippen molar-refractivity contribution < 1.29 is 38.0 Å². The molecule has 0 aromatic heterocycles. The third-order valence-electron chi connectivity index (χ3n) is 8.57. The third-order valence-corrected chi connectivity index (χ3v) is 18.2. The lowest BCUT2D eigenvalue weighted by Crippen LogP contribution is -2.52. The van der Waals surface area contributed by atoms with Gasteiger partial charge in [-0.3, -0.25) is 0 Å². The normalized spacial score (nSPS) is 21.6. The Bertz CT molecular complexity index is 1050. The largest absolute Gasteiger partial charge is 0.496 e. The van der Waals surface area contributed by atoms with Crippen molar-refractivity contribution in [3.63, 3.8) is 0 Å². The molecule has 0 bridgehead atoms. The summed E-state index contributed by atoms with van der Waals surface area (Å²) in [6.45, 7) is 21.7. The Hall–Kier alpha value is -0.926. The van der Waals surface area contributed by atoms with Gasteiger partial charge in [0.15, 0.2) is 34.9 Å². The maximum atomic E-state index is 12.0. The van der Waals surface area contributed by atoms with Crippen molar-refractivity contribution in [2.45, 2.75) is 109 Å². The molecule has 0 heterocycles. The molecule has 8 nitrogen and oxygen atoms in total. The van der Waals surface area contributed by atoms with Gasteiger partial charge in [-0.1, -0.05) is 47.6 Å². The van der Waals surface area contributed by atoms with Crippen LogP contribution >= 0.6 is 15.9 Å². The first kappa shape index (κ1) is 35.3. The summed E-state index contributed by atoms with van der Waals surface area (Å²) < 4.78 is 36.5. The number of hydrogen-bond donors (Lipinski definition) is 2. The molecule has 0 fully saturated rings. The van der Waals surface area contributed by atoms with E-state index >= 15 is 0 Å². The minimum absolute atomic E-state index is 0.0189. The van der Waals surface area contributed by atoms with Crippen molar-refractivity contribution in [3.8, 4) is 17.2 Å². The van der Waals surface area contributed by atoms with Gasteiger partial charge in [0.05, 0.1) is 36.5 Å². The molecule has 0 aliphatic heterocycles. The number of aliphatic hydroxyl groups excluding tert-OH is 2. The predicted molar refractivity (Wildman–Crippen MR) is 168 cm³/mol. The summed E-state index contributed by atoms with van der Waals surface area (Å²) in [7, 11) is 0.0729. The van der Waals surface area contributed by atoms with Crippen LogP contribution in [0.2, 0.25) is 36.3 Å². The molecule has 11 heteroatoms. The van der Waals surface area contributed by atoms with Gasteiger partial charge in [-0.15, -0.1) is 0 Å². The molecule has 1 aliphatic carbocycles. The zero-order chi connectivity index (χ0) is 30.8. The number of halogens is 1. The zero-order valence-electron chi connectivity index (χ0n) is 26.6. The minimum atomic E-state index is -2.28. The van der Waals surface area contributed by atoms with E-state index < -0.39 is 34.9 Å². The first-order chi connectivity index (χ1) is 18.2. The highest BCUT2D eigenvalue weighted by Gasteiger charge is 2.46. The van der Waals surface area contributed by atoms with E-state index in [2.05, 4.69) is 83.7 Å². The van der Waals surface area contributed by atoms with Crippen LogP contribution in [-0.4, -0.2) is 73.3 Å². The van der Waals surface area contributed by atoms with Crippen LogP contribution in [0, 0.1) is 0 Å². The van der Waals surface area contributed by atoms with Crippen LogP contribution in [0.15, 0.2) is 22.2 Å². The Morgan fingerprint density at radius 2 is 1.48 bits per heavy atom. The van der Waals surface area contributed by atoms with Crippen molar-refractivity contribution in [1.29, 1.82) is 0 Å². The van der Waals surface area contributed by atoms with E-state index in [4.69, 9.17) is 27.8 Å². The molecule has 0 radical (unpaired) electrons. The third kappa shape index (κ3) is 7.72.